The average Bonchev–Trinajstić information content (AvgIpc) is 3.14. The fourth-order valence-corrected chi connectivity index (χ4v) is 3.76. The van der Waals surface area contributed by atoms with Crippen LogP contribution in [-0.2, 0) is 0 Å². The minimum Gasteiger partial charge on any atom is -0.495 e. The number of thiophene rings is 1. The lowest BCUT2D eigenvalue weighted by Gasteiger charge is -2.13. The molecule has 24 heavy (non-hydrogen) atoms. The number of carbonyl (C=O) groups is 1. The smallest absolute Gasteiger partial charge is 0.258 e. The summed E-state index contributed by atoms with van der Waals surface area (Å²) >= 11 is 1.56. The summed E-state index contributed by atoms with van der Waals surface area (Å²) in [5.74, 6) is 0.515. The SMILES string of the molecule is COc1ccc(C)cc1NC(=O)c1ccsc1-n1c(C)ccc1C. The number of ether oxygens (including phenoxy) is 1. The molecule has 0 spiro atoms. The molecule has 0 aliphatic rings. The Labute approximate surface area is 145 Å². The molecule has 0 bridgehead atoms. The van der Waals surface area contributed by atoms with Gasteiger partial charge in [0.25, 0.3) is 5.91 Å². The Balaban J connectivity index is 1.96. The van der Waals surface area contributed by atoms with Gasteiger partial charge in [-0.1, -0.05) is 6.07 Å². The number of anilines is 1. The fraction of sp³-hybridized carbons (Fsp3) is 0.211. The molecule has 124 valence electrons. The van der Waals surface area contributed by atoms with E-state index in [0.717, 1.165) is 22.0 Å². The first-order valence-corrected chi connectivity index (χ1v) is 8.58. The molecule has 0 unspecified atom stereocenters. The van der Waals surface area contributed by atoms with E-state index in [4.69, 9.17) is 4.74 Å². The highest BCUT2D eigenvalue weighted by Crippen LogP contribution is 2.29. The first-order valence-electron chi connectivity index (χ1n) is 7.70. The third-order valence-corrected chi connectivity index (χ3v) is 4.86. The van der Waals surface area contributed by atoms with Crippen LogP contribution >= 0.6 is 11.3 Å². The van der Waals surface area contributed by atoms with Crippen LogP contribution < -0.4 is 10.1 Å². The molecule has 3 rings (SSSR count). The zero-order chi connectivity index (χ0) is 17.3. The summed E-state index contributed by atoms with van der Waals surface area (Å²) in [6.07, 6.45) is 0. The minimum atomic E-state index is -0.136. The van der Waals surface area contributed by atoms with E-state index in [0.29, 0.717) is 17.0 Å². The van der Waals surface area contributed by atoms with Crippen LogP contribution in [0.3, 0.4) is 0 Å². The van der Waals surface area contributed by atoms with Gasteiger partial charge in [-0.2, -0.15) is 0 Å². The van der Waals surface area contributed by atoms with Crippen molar-refractivity contribution in [2.24, 2.45) is 0 Å². The molecule has 5 heteroatoms. The molecule has 1 amide bonds. The van der Waals surface area contributed by atoms with Crippen molar-refractivity contribution in [3.05, 3.63) is 64.3 Å². The lowest BCUT2D eigenvalue weighted by molar-refractivity contribution is 0.102. The second kappa shape index (κ2) is 6.53. The number of carbonyl (C=O) groups excluding carboxylic acids is 1. The van der Waals surface area contributed by atoms with Crippen molar-refractivity contribution in [1.82, 2.24) is 4.57 Å². The van der Waals surface area contributed by atoms with Gasteiger partial charge in [-0.15, -0.1) is 11.3 Å². The summed E-state index contributed by atoms with van der Waals surface area (Å²) < 4.78 is 7.45. The topological polar surface area (TPSA) is 43.3 Å². The standard InChI is InChI=1S/C19H20N2O2S/c1-12-5-8-17(23-4)16(11-12)20-18(22)15-9-10-24-19(15)21-13(2)6-7-14(21)3/h5-11H,1-4H3,(H,20,22). The summed E-state index contributed by atoms with van der Waals surface area (Å²) in [7, 11) is 1.60. The summed E-state index contributed by atoms with van der Waals surface area (Å²) in [6.45, 7) is 6.06. The Bertz CT molecular complexity index is 873. The number of methoxy groups -OCH3 is 1. The first kappa shape index (κ1) is 16.3. The number of aromatic nitrogens is 1. The second-order valence-electron chi connectivity index (χ2n) is 5.75. The molecule has 0 radical (unpaired) electrons. The minimum absolute atomic E-state index is 0.136. The molecule has 0 fully saturated rings. The van der Waals surface area contributed by atoms with E-state index in [1.165, 1.54) is 0 Å². The number of nitrogens with zero attached hydrogens (tertiary/aromatic N) is 1. The van der Waals surface area contributed by atoms with E-state index in [1.54, 1.807) is 18.4 Å². The van der Waals surface area contributed by atoms with Gasteiger partial charge in [-0.05, 0) is 62.0 Å². The fourth-order valence-electron chi connectivity index (χ4n) is 2.75. The van der Waals surface area contributed by atoms with Crippen LogP contribution in [0.5, 0.6) is 5.75 Å². The van der Waals surface area contributed by atoms with Gasteiger partial charge in [-0.25, -0.2) is 0 Å². The zero-order valence-corrected chi connectivity index (χ0v) is 15.0. The largest absolute Gasteiger partial charge is 0.495 e. The maximum absolute atomic E-state index is 12.8. The molecule has 0 saturated carbocycles. The average molecular weight is 340 g/mol. The van der Waals surface area contributed by atoms with Crippen LogP contribution in [0.4, 0.5) is 5.69 Å². The molecule has 2 heterocycles. The molecule has 2 aromatic heterocycles. The van der Waals surface area contributed by atoms with Crippen molar-refractivity contribution in [2.45, 2.75) is 20.8 Å². The second-order valence-corrected chi connectivity index (χ2v) is 6.64. The van der Waals surface area contributed by atoms with Crippen molar-refractivity contribution in [2.75, 3.05) is 12.4 Å². The summed E-state index contributed by atoms with van der Waals surface area (Å²) in [5, 5.41) is 5.85. The van der Waals surface area contributed by atoms with Crippen LogP contribution in [0.25, 0.3) is 5.00 Å². The maximum atomic E-state index is 12.8. The highest BCUT2D eigenvalue weighted by molar-refractivity contribution is 7.13. The Hall–Kier alpha value is -2.53. The van der Waals surface area contributed by atoms with Gasteiger partial charge in [0, 0.05) is 11.4 Å². The molecule has 0 atom stereocenters. The van der Waals surface area contributed by atoms with Crippen LogP contribution in [0.15, 0.2) is 41.8 Å². The Morgan fingerprint density at radius 2 is 1.79 bits per heavy atom. The lowest BCUT2D eigenvalue weighted by Crippen LogP contribution is -2.14. The van der Waals surface area contributed by atoms with Gasteiger partial charge < -0.3 is 14.6 Å². The summed E-state index contributed by atoms with van der Waals surface area (Å²) in [6, 6.07) is 11.7. The number of rotatable bonds is 4. The van der Waals surface area contributed by atoms with E-state index < -0.39 is 0 Å². The van der Waals surface area contributed by atoms with Crippen molar-refractivity contribution < 1.29 is 9.53 Å². The monoisotopic (exact) mass is 340 g/mol. The molecular weight excluding hydrogens is 320 g/mol. The Morgan fingerprint density at radius 1 is 1.08 bits per heavy atom. The number of amides is 1. The highest BCUT2D eigenvalue weighted by Gasteiger charge is 2.18. The summed E-state index contributed by atoms with van der Waals surface area (Å²) in [4.78, 5) is 12.8. The van der Waals surface area contributed by atoms with E-state index in [9.17, 15) is 4.79 Å². The third-order valence-electron chi connectivity index (χ3n) is 3.97. The van der Waals surface area contributed by atoms with Crippen LogP contribution in [0, 0.1) is 20.8 Å². The maximum Gasteiger partial charge on any atom is 0.258 e. The van der Waals surface area contributed by atoms with Gasteiger partial charge in [-0.3, -0.25) is 4.79 Å². The van der Waals surface area contributed by atoms with E-state index >= 15 is 0 Å². The molecule has 1 N–H and O–H groups in total. The number of hydrogen-bond donors (Lipinski definition) is 1. The van der Waals surface area contributed by atoms with Crippen LogP contribution in [-0.4, -0.2) is 17.6 Å². The van der Waals surface area contributed by atoms with E-state index in [2.05, 4.69) is 22.0 Å². The number of hydrogen-bond acceptors (Lipinski definition) is 3. The molecule has 4 nitrogen and oxygen atoms in total. The van der Waals surface area contributed by atoms with Gasteiger partial charge in [0.15, 0.2) is 0 Å². The molecule has 0 aliphatic heterocycles. The molecule has 0 saturated heterocycles. The van der Waals surface area contributed by atoms with Gasteiger partial charge in [0.2, 0.25) is 0 Å². The van der Waals surface area contributed by atoms with Crippen molar-refractivity contribution >= 4 is 22.9 Å². The normalized spacial score (nSPS) is 10.7. The van der Waals surface area contributed by atoms with Crippen molar-refractivity contribution in [3.63, 3.8) is 0 Å². The third kappa shape index (κ3) is 2.95. The van der Waals surface area contributed by atoms with Crippen LogP contribution in [0.1, 0.15) is 27.3 Å². The molecule has 1 aromatic carbocycles. The Morgan fingerprint density at radius 3 is 2.46 bits per heavy atom. The van der Waals surface area contributed by atoms with Gasteiger partial charge in [0.05, 0.1) is 18.4 Å². The number of benzene rings is 1. The van der Waals surface area contributed by atoms with Crippen LogP contribution in [0.2, 0.25) is 0 Å². The van der Waals surface area contributed by atoms with Gasteiger partial charge in [0.1, 0.15) is 10.8 Å². The lowest BCUT2D eigenvalue weighted by atomic mass is 10.2. The van der Waals surface area contributed by atoms with E-state index in [-0.39, 0.29) is 5.91 Å². The van der Waals surface area contributed by atoms with Crippen molar-refractivity contribution in [3.8, 4) is 10.8 Å². The molecular formula is C19H20N2O2S. The molecule has 0 aliphatic carbocycles. The number of nitrogens with one attached hydrogen (secondary N) is 1. The van der Waals surface area contributed by atoms with E-state index in [1.807, 2.05) is 50.4 Å². The predicted octanol–water partition coefficient (Wildman–Crippen LogP) is 4.72. The zero-order valence-electron chi connectivity index (χ0n) is 14.2. The first-order chi connectivity index (χ1) is 11.5. The Kier molecular flexibility index (Phi) is 4.44. The van der Waals surface area contributed by atoms with Gasteiger partial charge >= 0.3 is 0 Å². The predicted molar refractivity (Wildman–Crippen MR) is 98.8 cm³/mol. The highest BCUT2D eigenvalue weighted by atomic mass is 32.1. The summed E-state index contributed by atoms with van der Waals surface area (Å²) in [5.41, 5.74) is 4.62. The molecule has 3 aromatic rings. The number of aryl methyl sites for hydroxylation is 3. The van der Waals surface area contributed by atoms with Crippen molar-refractivity contribution in [1.29, 1.82) is 0 Å². The quantitative estimate of drug-likeness (QED) is 0.746.